The van der Waals surface area contributed by atoms with Crippen molar-refractivity contribution in [3.63, 3.8) is 0 Å². The number of carbonyl (C=O) groups is 6. The maximum absolute atomic E-state index is 15.5. The minimum atomic E-state index is -2.40. The monoisotopic (exact) mass is 849 g/mol. The van der Waals surface area contributed by atoms with Crippen molar-refractivity contribution in [2.45, 2.75) is 135 Å². The topological polar surface area (TPSA) is 231 Å². The highest BCUT2D eigenvalue weighted by Gasteiger charge is 2.78. The van der Waals surface area contributed by atoms with Crippen LogP contribution < -0.4 is 5.32 Å². The Morgan fingerprint density at radius 3 is 2.05 bits per heavy atom. The smallest absolute Gasteiger partial charge is 0.408 e. The van der Waals surface area contributed by atoms with Gasteiger partial charge < -0.3 is 49.1 Å². The van der Waals surface area contributed by atoms with Crippen molar-refractivity contribution in [2.24, 2.45) is 16.7 Å². The third kappa shape index (κ3) is 7.94. The first-order valence-electron chi connectivity index (χ1n) is 20.2. The Morgan fingerprint density at radius 2 is 1.51 bits per heavy atom. The average Bonchev–Trinajstić information content (AvgIpc) is 3.17. The normalized spacial score (nSPS) is 32.5. The predicted molar refractivity (Wildman–Crippen MR) is 213 cm³/mol. The summed E-state index contributed by atoms with van der Waals surface area (Å²) in [5, 5.41) is 39.7. The number of benzene rings is 2. The maximum Gasteiger partial charge on any atom is 0.408 e. The lowest BCUT2D eigenvalue weighted by atomic mass is 9.44. The number of hydrogen-bond acceptors (Lipinski definition) is 15. The molecule has 1 aliphatic heterocycles. The molecule has 2 saturated carbocycles. The van der Waals surface area contributed by atoms with E-state index < -0.39 is 118 Å². The number of aliphatic hydroxyl groups is 3. The molecule has 2 bridgehead atoms. The number of rotatable bonds is 9. The summed E-state index contributed by atoms with van der Waals surface area (Å²) in [7, 11) is 0. The zero-order chi connectivity index (χ0) is 45.0. The van der Waals surface area contributed by atoms with E-state index in [1.54, 1.807) is 71.0 Å². The molecule has 2 aromatic rings. The summed E-state index contributed by atoms with van der Waals surface area (Å²) < 4.78 is 35.7. The molecule has 0 radical (unpaired) electrons. The van der Waals surface area contributed by atoms with Crippen molar-refractivity contribution in [2.75, 3.05) is 6.61 Å². The van der Waals surface area contributed by atoms with Crippen LogP contribution in [-0.4, -0.2) is 111 Å². The van der Waals surface area contributed by atoms with Crippen LogP contribution in [0.2, 0.25) is 0 Å². The van der Waals surface area contributed by atoms with Gasteiger partial charge in [-0.05, 0) is 63.5 Å². The number of Topliss-reactive ketones (excluding diaryl/α,β-unsaturated/α-hetero) is 1. The van der Waals surface area contributed by atoms with Gasteiger partial charge in [-0.2, -0.15) is 0 Å². The molecule has 16 nitrogen and oxygen atoms in total. The van der Waals surface area contributed by atoms with E-state index >= 15 is 4.79 Å². The maximum atomic E-state index is 15.5. The molecule has 1 unspecified atom stereocenters. The van der Waals surface area contributed by atoms with Crippen LogP contribution in [-0.2, 0) is 47.6 Å². The van der Waals surface area contributed by atoms with Gasteiger partial charge in [0.2, 0.25) is 0 Å². The number of ether oxygens (including phenoxy) is 6. The molecular formula is C45H55NO15. The molecule has 330 valence electrons. The number of alkyl carbamates (subject to hydrolysis) is 1. The molecule has 3 fully saturated rings. The summed E-state index contributed by atoms with van der Waals surface area (Å²) in [4.78, 5) is 83.3. The Labute approximate surface area is 353 Å². The lowest BCUT2D eigenvalue weighted by molar-refractivity contribution is -0.346. The standard InChI is InChI=1S/C45H55NO15/c1-23-28(58-39(53)32(46-40(54)61-41(4,5)6)33(50)26-16-12-10-13-17-26)21-45(55)37(59-38(52)27-18-14-11-15-19-27)35-43(9,29(49)20-30-44(35,22-56-30)60-25(3)48)36(51)34(57-24(2)47)31(23)42(45,7)8/h10-19,28-30,32-35,37,49-50,55H,20-22H2,1-9H3,(H,46,54)/t28-,29-,30?,32-,33-,34+,35-,37-,43+,44-,45+/m0/s1. The minimum Gasteiger partial charge on any atom is -0.456 e. The largest absolute Gasteiger partial charge is 0.456 e. The van der Waals surface area contributed by atoms with Crippen LogP contribution >= 0.6 is 0 Å². The number of amides is 1. The fourth-order valence-corrected chi connectivity index (χ4v) is 9.77. The van der Waals surface area contributed by atoms with Crippen molar-refractivity contribution in [1.29, 1.82) is 0 Å². The highest BCUT2D eigenvalue weighted by atomic mass is 16.6. The van der Waals surface area contributed by atoms with Gasteiger partial charge in [0, 0.05) is 32.1 Å². The average molecular weight is 850 g/mol. The van der Waals surface area contributed by atoms with E-state index in [4.69, 9.17) is 28.4 Å². The molecule has 4 aliphatic rings. The number of esters is 4. The molecule has 11 atom stereocenters. The summed E-state index contributed by atoms with van der Waals surface area (Å²) in [6.07, 6.45) is -11.3. The molecule has 1 saturated heterocycles. The number of fused-ring (bicyclic) bond motifs is 5. The van der Waals surface area contributed by atoms with Gasteiger partial charge >= 0.3 is 30.0 Å². The molecule has 6 rings (SSSR count). The summed E-state index contributed by atoms with van der Waals surface area (Å²) in [5.41, 5.74) is -8.47. The number of aliphatic hydroxyl groups excluding tert-OH is 2. The molecule has 1 heterocycles. The minimum absolute atomic E-state index is 0.0133. The van der Waals surface area contributed by atoms with E-state index in [-0.39, 0.29) is 35.3 Å². The molecule has 1 amide bonds. The van der Waals surface area contributed by atoms with Gasteiger partial charge in [-0.1, -0.05) is 62.4 Å². The third-order valence-corrected chi connectivity index (χ3v) is 12.8. The Balaban J connectivity index is 1.57. The molecule has 16 heteroatoms. The highest BCUT2D eigenvalue weighted by Crippen LogP contribution is 2.64. The van der Waals surface area contributed by atoms with Gasteiger partial charge in [0.1, 0.15) is 35.6 Å². The molecule has 0 aromatic heterocycles. The van der Waals surface area contributed by atoms with Crippen LogP contribution in [0.3, 0.4) is 0 Å². The van der Waals surface area contributed by atoms with Crippen LogP contribution in [0.5, 0.6) is 0 Å². The Hall–Kier alpha value is -5.16. The van der Waals surface area contributed by atoms with Crippen LogP contribution in [0, 0.1) is 16.7 Å². The Bertz CT molecular complexity index is 2100. The molecule has 61 heavy (non-hydrogen) atoms. The van der Waals surface area contributed by atoms with E-state index in [0.717, 1.165) is 13.8 Å². The van der Waals surface area contributed by atoms with Crippen molar-refractivity contribution in [1.82, 2.24) is 5.32 Å². The van der Waals surface area contributed by atoms with Gasteiger partial charge in [-0.15, -0.1) is 0 Å². The van der Waals surface area contributed by atoms with Gasteiger partial charge in [-0.3, -0.25) is 14.4 Å². The predicted octanol–water partition coefficient (Wildman–Crippen LogP) is 3.83. The van der Waals surface area contributed by atoms with Crippen molar-refractivity contribution < 1.29 is 72.5 Å². The first-order valence-corrected chi connectivity index (χ1v) is 20.2. The number of carbonyl (C=O) groups excluding carboxylic acids is 6. The summed E-state index contributed by atoms with van der Waals surface area (Å²) in [6.45, 7) is 12.8. The second-order valence-corrected chi connectivity index (χ2v) is 18.2. The zero-order valence-corrected chi connectivity index (χ0v) is 35.8. The quantitative estimate of drug-likeness (QED) is 0.160. The molecule has 3 aliphatic carbocycles. The van der Waals surface area contributed by atoms with Crippen LogP contribution in [0.4, 0.5) is 4.79 Å². The third-order valence-electron chi connectivity index (χ3n) is 12.8. The van der Waals surface area contributed by atoms with E-state index in [2.05, 4.69) is 5.32 Å². The SMILES string of the molecule is CC(=O)O[C@H]1C(=O)[C@]2(C)[C@@H](O)CC3OC[C@@]3(OC(C)=O)[C@H]2[C@H](OC(=O)c2ccccc2)[C@]2(O)C[C@H](OC(=O)[C@@H](NC(=O)OC(C)(C)C)[C@@H](O)c3ccccc3)C(C)=C1C2(C)C. The summed E-state index contributed by atoms with van der Waals surface area (Å²) in [5.74, 6) is -6.23. The number of ketones is 1. The highest BCUT2D eigenvalue weighted by molar-refractivity contribution is 5.95. The first-order chi connectivity index (χ1) is 28.4. The number of nitrogens with one attached hydrogen (secondary N) is 1. The lowest BCUT2D eigenvalue weighted by Gasteiger charge is -2.67. The Morgan fingerprint density at radius 1 is 0.902 bits per heavy atom. The van der Waals surface area contributed by atoms with Crippen LogP contribution in [0.25, 0.3) is 0 Å². The molecule has 2 aromatic carbocycles. The van der Waals surface area contributed by atoms with Gasteiger partial charge in [-0.25, -0.2) is 14.4 Å². The second kappa shape index (κ2) is 16.3. The van der Waals surface area contributed by atoms with Crippen molar-refractivity contribution in [3.05, 3.63) is 82.9 Å². The van der Waals surface area contributed by atoms with Crippen molar-refractivity contribution in [3.8, 4) is 0 Å². The van der Waals surface area contributed by atoms with Crippen LogP contribution in [0.1, 0.15) is 97.2 Å². The Kier molecular flexibility index (Phi) is 12.1. The second-order valence-electron chi connectivity index (χ2n) is 18.2. The summed E-state index contributed by atoms with van der Waals surface area (Å²) in [6, 6.07) is 14.0. The fourth-order valence-electron chi connectivity index (χ4n) is 9.77. The van der Waals surface area contributed by atoms with Gasteiger partial charge in [0.25, 0.3) is 0 Å². The van der Waals surface area contributed by atoms with Crippen molar-refractivity contribution >= 4 is 35.8 Å². The fraction of sp³-hybridized carbons (Fsp3) is 0.556. The summed E-state index contributed by atoms with van der Waals surface area (Å²) >= 11 is 0. The zero-order valence-electron chi connectivity index (χ0n) is 35.8. The van der Waals surface area contributed by atoms with Gasteiger partial charge in [0.05, 0.1) is 29.6 Å². The number of hydrogen-bond donors (Lipinski definition) is 4. The lowest BCUT2D eigenvalue weighted by Crippen LogP contribution is -2.82. The molecular weight excluding hydrogens is 794 g/mol. The van der Waals surface area contributed by atoms with E-state index in [1.807, 2.05) is 0 Å². The van der Waals surface area contributed by atoms with Gasteiger partial charge in [0.15, 0.2) is 23.5 Å². The van der Waals surface area contributed by atoms with E-state index in [0.29, 0.717) is 0 Å². The first kappa shape index (κ1) is 45.4. The molecule has 0 spiro atoms. The van der Waals surface area contributed by atoms with Crippen LogP contribution in [0.15, 0.2) is 71.8 Å². The van der Waals surface area contributed by atoms with E-state index in [1.165, 1.54) is 38.1 Å². The molecule has 4 N–H and O–H groups in total. The van der Waals surface area contributed by atoms with E-state index in [9.17, 15) is 39.3 Å².